The number of carbonyl (C=O) groups excluding carboxylic acids is 2. The van der Waals surface area contributed by atoms with Crippen molar-refractivity contribution >= 4 is 39.5 Å². The van der Waals surface area contributed by atoms with Crippen LogP contribution in [0.3, 0.4) is 0 Å². The predicted molar refractivity (Wildman–Crippen MR) is 82.1 cm³/mol. The fourth-order valence-corrected chi connectivity index (χ4v) is 2.61. The van der Waals surface area contributed by atoms with Gasteiger partial charge in [-0.15, -0.1) is 15.3 Å². The first kappa shape index (κ1) is 14.1. The van der Waals surface area contributed by atoms with Crippen LogP contribution in [0.15, 0.2) is 24.3 Å². The Morgan fingerprint density at radius 3 is 2.32 bits per heavy atom. The van der Waals surface area contributed by atoms with Crippen LogP contribution in [0.4, 0.5) is 11.4 Å². The van der Waals surface area contributed by atoms with Gasteiger partial charge in [0.1, 0.15) is 0 Å². The van der Waals surface area contributed by atoms with Crippen molar-refractivity contribution in [2.24, 2.45) is 0 Å². The van der Waals surface area contributed by atoms with Gasteiger partial charge in [0.15, 0.2) is 5.82 Å². The monoisotopic (exact) mass is 316 g/mol. The summed E-state index contributed by atoms with van der Waals surface area (Å²) in [5.41, 5.74) is 1.28. The van der Waals surface area contributed by atoms with Crippen molar-refractivity contribution in [1.29, 1.82) is 0 Å². The largest absolute Gasteiger partial charge is 0.326 e. The molecular weight excluding hydrogens is 304 g/mol. The van der Waals surface area contributed by atoms with Crippen LogP contribution in [0.5, 0.6) is 0 Å². The van der Waals surface area contributed by atoms with E-state index >= 15 is 0 Å². The number of carbonyl (C=O) groups is 2. The first-order chi connectivity index (χ1) is 10.5. The highest BCUT2D eigenvalue weighted by atomic mass is 32.1. The van der Waals surface area contributed by atoms with Crippen LogP contribution in [0.1, 0.15) is 22.6 Å². The summed E-state index contributed by atoms with van der Waals surface area (Å²) in [6.45, 7) is 3.20. The van der Waals surface area contributed by atoms with E-state index in [4.69, 9.17) is 0 Å². The molecule has 0 saturated heterocycles. The summed E-state index contributed by atoms with van der Waals surface area (Å²) in [6, 6.07) is 6.82. The summed E-state index contributed by atoms with van der Waals surface area (Å²) in [6.07, 6.45) is 0. The summed E-state index contributed by atoms with van der Waals surface area (Å²) < 4.78 is 1.53. The molecule has 112 valence electrons. The molecule has 0 spiro atoms. The van der Waals surface area contributed by atoms with Gasteiger partial charge < -0.3 is 10.6 Å². The van der Waals surface area contributed by atoms with Crippen molar-refractivity contribution in [2.45, 2.75) is 13.8 Å². The molecule has 0 aliphatic heterocycles. The normalized spacial score (nSPS) is 10.6. The summed E-state index contributed by atoms with van der Waals surface area (Å²) in [4.78, 5) is 23.7. The molecule has 2 heterocycles. The van der Waals surface area contributed by atoms with Gasteiger partial charge in [0.2, 0.25) is 15.9 Å². The minimum Gasteiger partial charge on any atom is -0.326 e. The zero-order chi connectivity index (χ0) is 15.7. The van der Waals surface area contributed by atoms with Gasteiger partial charge in [-0.25, -0.2) is 0 Å². The van der Waals surface area contributed by atoms with Crippen molar-refractivity contribution in [2.75, 3.05) is 10.6 Å². The lowest BCUT2D eigenvalue weighted by molar-refractivity contribution is -0.114. The topological polar surface area (TPSA) is 101 Å². The van der Waals surface area contributed by atoms with Gasteiger partial charge in [-0.1, -0.05) is 11.3 Å². The van der Waals surface area contributed by atoms with Gasteiger partial charge in [0.25, 0.3) is 5.91 Å². The number of fused-ring (bicyclic) bond motifs is 1. The summed E-state index contributed by atoms with van der Waals surface area (Å²) in [7, 11) is 0. The summed E-state index contributed by atoms with van der Waals surface area (Å²) >= 11 is 1.17. The maximum atomic E-state index is 12.2. The number of nitrogens with zero attached hydrogens (tertiary/aromatic N) is 4. The number of nitrogens with one attached hydrogen (secondary N) is 2. The molecule has 3 rings (SSSR count). The van der Waals surface area contributed by atoms with Crippen molar-refractivity contribution in [3.63, 3.8) is 0 Å². The molecule has 22 heavy (non-hydrogen) atoms. The highest BCUT2D eigenvalue weighted by Crippen LogP contribution is 2.17. The second kappa shape index (κ2) is 5.53. The van der Waals surface area contributed by atoms with E-state index in [1.54, 1.807) is 31.2 Å². The number of aryl methyl sites for hydroxylation is 1. The van der Waals surface area contributed by atoms with Gasteiger partial charge in [0.05, 0.1) is 0 Å². The lowest BCUT2D eigenvalue weighted by Gasteiger charge is -2.05. The van der Waals surface area contributed by atoms with Gasteiger partial charge in [-0.05, 0) is 31.2 Å². The van der Waals surface area contributed by atoms with Crippen LogP contribution >= 0.6 is 11.3 Å². The van der Waals surface area contributed by atoms with Crippen LogP contribution in [0.2, 0.25) is 0 Å². The van der Waals surface area contributed by atoms with Crippen LogP contribution < -0.4 is 10.6 Å². The fraction of sp³-hybridized carbons (Fsp3) is 0.154. The van der Waals surface area contributed by atoms with E-state index in [1.165, 1.54) is 22.8 Å². The molecule has 0 radical (unpaired) electrons. The Labute approximate surface area is 129 Å². The van der Waals surface area contributed by atoms with Crippen molar-refractivity contribution in [3.8, 4) is 0 Å². The quantitative estimate of drug-likeness (QED) is 0.766. The Morgan fingerprint density at radius 1 is 1.09 bits per heavy atom. The molecule has 0 bridgehead atoms. The number of hydrogen-bond donors (Lipinski definition) is 2. The zero-order valence-electron chi connectivity index (χ0n) is 11.8. The van der Waals surface area contributed by atoms with Crippen LogP contribution in [-0.2, 0) is 4.79 Å². The lowest BCUT2D eigenvalue weighted by atomic mass is 10.2. The van der Waals surface area contributed by atoms with E-state index in [0.717, 1.165) is 0 Å². The highest BCUT2D eigenvalue weighted by molar-refractivity contribution is 7.18. The Balaban J connectivity index is 1.74. The third kappa shape index (κ3) is 2.79. The Hall–Kier alpha value is -2.81. The van der Waals surface area contributed by atoms with Crippen molar-refractivity contribution in [3.05, 3.63) is 35.1 Å². The second-order valence-electron chi connectivity index (χ2n) is 4.56. The number of rotatable bonds is 3. The maximum Gasteiger partial charge on any atom is 0.286 e. The summed E-state index contributed by atoms with van der Waals surface area (Å²) in [5.74, 6) is 0.166. The Morgan fingerprint density at radius 2 is 1.73 bits per heavy atom. The van der Waals surface area contributed by atoms with Crippen molar-refractivity contribution < 1.29 is 9.59 Å². The molecule has 0 atom stereocenters. The van der Waals surface area contributed by atoms with Crippen LogP contribution in [0.25, 0.3) is 4.96 Å². The number of benzene rings is 1. The van der Waals surface area contributed by atoms with E-state index in [-0.39, 0.29) is 11.8 Å². The third-order valence-electron chi connectivity index (χ3n) is 2.80. The lowest BCUT2D eigenvalue weighted by Crippen LogP contribution is -2.12. The standard InChI is InChI=1S/C13H12N6O2S/c1-7-16-17-13-19(7)18-12(22-13)11(21)15-10-5-3-9(4-6-10)14-8(2)20/h3-6H,1-2H3,(H,14,20)(H,15,21). The van der Waals surface area contributed by atoms with Crippen molar-refractivity contribution in [1.82, 2.24) is 19.8 Å². The van der Waals surface area contributed by atoms with E-state index in [1.807, 2.05) is 0 Å². The van der Waals surface area contributed by atoms with E-state index in [9.17, 15) is 9.59 Å². The molecule has 0 unspecified atom stereocenters. The maximum absolute atomic E-state index is 12.2. The molecule has 8 nitrogen and oxygen atoms in total. The smallest absolute Gasteiger partial charge is 0.286 e. The number of aromatic nitrogens is 4. The predicted octanol–water partition coefficient (Wildman–Crippen LogP) is 1.70. The molecule has 3 aromatic rings. The third-order valence-corrected chi connectivity index (χ3v) is 3.70. The minimum absolute atomic E-state index is 0.146. The SMILES string of the molecule is CC(=O)Nc1ccc(NC(=O)c2nn3c(C)nnc3s2)cc1. The minimum atomic E-state index is -0.317. The first-order valence-electron chi connectivity index (χ1n) is 6.41. The van der Waals surface area contributed by atoms with Gasteiger partial charge in [0, 0.05) is 18.3 Å². The Bertz CT molecular complexity index is 851. The van der Waals surface area contributed by atoms with Crippen LogP contribution in [0, 0.1) is 6.92 Å². The average molecular weight is 316 g/mol. The zero-order valence-corrected chi connectivity index (χ0v) is 12.6. The molecular formula is C13H12N6O2S. The van der Waals surface area contributed by atoms with Crippen LogP contribution in [-0.4, -0.2) is 31.6 Å². The molecule has 2 N–H and O–H groups in total. The number of hydrogen-bond acceptors (Lipinski definition) is 6. The van der Waals surface area contributed by atoms with Gasteiger partial charge in [-0.3, -0.25) is 9.59 Å². The number of anilines is 2. The average Bonchev–Trinajstić information content (AvgIpc) is 3.03. The molecule has 0 aliphatic rings. The molecule has 0 fully saturated rings. The van der Waals surface area contributed by atoms with E-state index in [2.05, 4.69) is 25.9 Å². The van der Waals surface area contributed by atoms with E-state index in [0.29, 0.717) is 27.2 Å². The first-order valence-corrected chi connectivity index (χ1v) is 7.22. The van der Waals surface area contributed by atoms with Gasteiger partial charge in [-0.2, -0.15) is 4.52 Å². The number of amides is 2. The highest BCUT2D eigenvalue weighted by Gasteiger charge is 2.15. The van der Waals surface area contributed by atoms with E-state index < -0.39 is 0 Å². The summed E-state index contributed by atoms with van der Waals surface area (Å²) in [5, 5.41) is 17.7. The fourth-order valence-electron chi connectivity index (χ4n) is 1.83. The molecule has 9 heteroatoms. The molecule has 2 aromatic heterocycles. The Kier molecular flexibility index (Phi) is 3.55. The van der Waals surface area contributed by atoms with Gasteiger partial charge >= 0.3 is 0 Å². The molecule has 0 saturated carbocycles. The molecule has 2 amide bonds. The molecule has 1 aromatic carbocycles. The second-order valence-corrected chi connectivity index (χ2v) is 5.52. The molecule has 0 aliphatic carbocycles.